The van der Waals surface area contributed by atoms with Gasteiger partial charge in [0.2, 0.25) is 0 Å². The molecule has 0 atom stereocenters. The number of carbonyl (C=O) groups is 1. The van der Waals surface area contributed by atoms with Crippen molar-refractivity contribution in [2.24, 2.45) is 0 Å². The van der Waals surface area contributed by atoms with E-state index >= 15 is 0 Å². The summed E-state index contributed by atoms with van der Waals surface area (Å²) in [5, 5.41) is 0. The van der Waals surface area contributed by atoms with Crippen molar-refractivity contribution in [2.45, 2.75) is 71.1 Å². The first-order chi connectivity index (χ1) is 8.31. The summed E-state index contributed by atoms with van der Waals surface area (Å²) < 4.78 is 4.91. The van der Waals surface area contributed by atoms with Crippen LogP contribution in [0.4, 0.5) is 0 Å². The predicted molar refractivity (Wildman–Crippen MR) is 74.1 cm³/mol. The van der Waals surface area contributed by atoms with E-state index in [2.05, 4.69) is 13.5 Å². The molecule has 0 bridgehead atoms. The van der Waals surface area contributed by atoms with Crippen LogP contribution < -0.4 is 29.6 Å². The number of hydrogen-bond acceptors (Lipinski definition) is 2. The van der Waals surface area contributed by atoms with Crippen molar-refractivity contribution in [3.63, 3.8) is 0 Å². The van der Waals surface area contributed by atoms with E-state index < -0.39 is 0 Å². The van der Waals surface area contributed by atoms with Gasteiger partial charge >= 0.3 is 35.5 Å². The maximum atomic E-state index is 10.7. The third-order valence-electron chi connectivity index (χ3n) is 2.91. The Morgan fingerprint density at radius 1 is 1.00 bits per heavy atom. The van der Waals surface area contributed by atoms with Gasteiger partial charge in [0, 0.05) is 6.08 Å². The van der Waals surface area contributed by atoms with E-state index in [0.717, 1.165) is 6.42 Å². The summed E-state index contributed by atoms with van der Waals surface area (Å²) in [6.07, 6.45) is 14.2. The first-order valence-electron chi connectivity index (χ1n) is 7.10. The molecule has 0 unspecified atom stereocenters. The van der Waals surface area contributed by atoms with Crippen molar-refractivity contribution in [2.75, 3.05) is 6.61 Å². The smallest absolute Gasteiger partial charge is 1.00 e. The molecule has 0 aromatic carbocycles. The molecule has 0 aliphatic heterocycles. The van der Waals surface area contributed by atoms with Gasteiger partial charge in [-0.15, -0.1) is 0 Å². The molecule has 2 nitrogen and oxygen atoms in total. The Bertz CT molecular complexity index is 199. The van der Waals surface area contributed by atoms with E-state index in [1.165, 1.54) is 63.9 Å². The fourth-order valence-corrected chi connectivity index (χ4v) is 1.82. The second-order valence-electron chi connectivity index (χ2n) is 4.55. The van der Waals surface area contributed by atoms with Gasteiger partial charge in [0.15, 0.2) is 0 Å². The van der Waals surface area contributed by atoms with Gasteiger partial charge in [-0.3, -0.25) is 0 Å². The van der Waals surface area contributed by atoms with Crippen molar-refractivity contribution in [3.05, 3.63) is 12.7 Å². The van der Waals surface area contributed by atoms with Crippen LogP contribution in [0, 0.1) is 0 Å². The molecule has 3 heteroatoms. The average molecular weight is 264 g/mol. The molecule has 0 fully saturated rings. The molecular formula is C15H29NaO2. The topological polar surface area (TPSA) is 26.3 Å². The van der Waals surface area contributed by atoms with Gasteiger partial charge in [-0.05, 0) is 6.42 Å². The van der Waals surface area contributed by atoms with Gasteiger partial charge in [-0.2, -0.15) is 0 Å². The number of rotatable bonds is 12. The maximum Gasteiger partial charge on any atom is 1.00 e. The molecule has 0 saturated carbocycles. The fourth-order valence-electron chi connectivity index (χ4n) is 1.82. The normalized spacial score (nSPS) is 9.61. The van der Waals surface area contributed by atoms with Crippen LogP contribution in [0.2, 0.25) is 0 Å². The van der Waals surface area contributed by atoms with E-state index in [1.54, 1.807) is 0 Å². The number of hydrogen-bond donors (Lipinski definition) is 0. The average Bonchev–Trinajstić information content (AvgIpc) is 2.35. The van der Waals surface area contributed by atoms with Crippen molar-refractivity contribution < 1.29 is 40.5 Å². The van der Waals surface area contributed by atoms with Crippen LogP contribution in [0.1, 0.15) is 72.6 Å². The number of esters is 1. The number of ether oxygens (including phenoxy) is 1. The summed E-state index contributed by atoms with van der Waals surface area (Å²) >= 11 is 0. The molecule has 0 amide bonds. The quantitative estimate of drug-likeness (QED) is 0.232. The Morgan fingerprint density at radius 3 is 1.89 bits per heavy atom. The third-order valence-corrected chi connectivity index (χ3v) is 2.91. The van der Waals surface area contributed by atoms with E-state index in [1.807, 2.05) is 0 Å². The minimum absolute atomic E-state index is 0. The van der Waals surface area contributed by atoms with Crippen LogP contribution in [0.5, 0.6) is 0 Å². The van der Waals surface area contributed by atoms with Gasteiger partial charge in [0.1, 0.15) is 0 Å². The van der Waals surface area contributed by atoms with Gasteiger partial charge < -0.3 is 6.16 Å². The largest absolute Gasteiger partial charge is 1.00 e. The van der Waals surface area contributed by atoms with Gasteiger partial charge in [-0.1, -0.05) is 71.3 Å². The summed E-state index contributed by atoms with van der Waals surface area (Å²) in [6.45, 7) is 6.15. The molecule has 0 heterocycles. The minimum atomic E-state index is -0.305. The molecule has 0 saturated heterocycles. The summed E-state index contributed by atoms with van der Waals surface area (Å²) in [7, 11) is 0. The third kappa shape index (κ3) is 16.2. The van der Waals surface area contributed by atoms with Crippen molar-refractivity contribution >= 4 is 5.97 Å². The Balaban J connectivity index is -0.00000128. The van der Waals surface area contributed by atoms with Crippen molar-refractivity contribution in [3.8, 4) is 0 Å². The van der Waals surface area contributed by atoms with Crippen LogP contribution in [0.25, 0.3) is 0 Å². The van der Waals surface area contributed by atoms with Crippen LogP contribution >= 0.6 is 0 Å². The Morgan fingerprint density at radius 2 is 1.44 bits per heavy atom. The second-order valence-corrected chi connectivity index (χ2v) is 4.55. The van der Waals surface area contributed by atoms with Gasteiger partial charge in [0.25, 0.3) is 0 Å². The zero-order chi connectivity index (χ0) is 12.8. The predicted octanol–water partition coefficient (Wildman–Crippen LogP) is 1.75. The molecule has 0 aliphatic rings. The molecule has 0 spiro atoms. The molecule has 102 valence electrons. The number of carbonyl (C=O) groups excluding carboxylic acids is 1. The van der Waals surface area contributed by atoms with Crippen LogP contribution in [0.15, 0.2) is 12.7 Å². The first-order valence-corrected chi connectivity index (χ1v) is 7.10. The Labute approximate surface area is 136 Å². The maximum absolute atomic E-state index is 10.7. The SMILES string of the molecule is C=CC(=O)OCCCCCCCCCCCC.[H-].[Na+]. The van der Waals surface area contributed by atoms with Gasteiger partial charge in [-0.25, -0.2) is 4.79 Å². The first kappa shape index (κ1) is 20.5. The summed E-state index contributed by atoms with van der Waals surface area (Å²) in [4.78, 5) is 10.7. The van der Waals surface area contributed by atoms with E-state index in [-0.39, 0.29) is 37.0 Å². The van der Waals surface area contributed by atoms with Crippen LogP contribution in [-0.4, -0.2) is 12.6 Å². The second kappa shape index (κ2) is 17.2. The van der Waals surface area contributed by atoms with Crippen molar-refractivity contribution in [1.29, 1.82) is 0 Å². The molecule has 0 radical (unpaired) electrons. The van der Waals surface area contributed by atoms with Gasteiger partial charge in [0.05, 0.1) is 6.61 Å². The van der Waals surface area contributed by atoms with Crippen LogP contribution in [0.3, 0.4) is 0 Å². The zero-order valence-corrected chi connectivity index (χ0v) is 14.4. The number of unbranched alkanes of at least 4 members (excludes halogenated alkanes) is 9. The Kier molecular flexibility index (Phi) is 19.6. The summed E-state index contributed by atoms with van der Waals surface area (Å²) in [5.41, 5.74) is 0. The fraction of sp³-hybridized carbons (Fsp3) is 0.800. The molecule has 0 N–H and O–H groups in total. The van der Waals surface area contributed by atoms with E-state index in [9.17, 15) is 4.79 Å². The Hall–Kier alpha value is 0.210. The van der Waals surface area contributed by atoms with Crippen molar-refractivity contribution in [1.82, 2.24) is 0 Å². The zero-order valence-electron chi connectivity index (χ0n) is 13.4. The standard InChI is InChI=1S/C15H28O2.Na.H/c1-3-5-6-7-8-9-10-11-12-13-14-17-15(16)4-2;;/h4H,2-3,5-14H2,1H3;;/q;+1;-1. The summed E-state index contributed by atoms with van der Waals surface area (Å²) in [5.74, 6) is -0.305. The molecule has 0 aromatic rings. The minimum Gasteiger partial charge on any atom is -1.00 e. The monoisotopic (exact) mass is 264 g/mol. The molecule has 0 aliphatic carbocycles. The van der Waals surface area contributed by atoms with E-state index in [0.29, 0.717) is 6.61 Å². The van der Waals surface area contributed by atoms with E-state index in [4.69, 9.17) is 4.74 Å². The molecular weight excluding hydrogens is 235 g/mol. The molecule has 18 heavy (non-hydrogen) atoms. The van der Waals surface area contributed by atoms with Crippen LogP contribution in [-0.2, 0) is 9.53 Å². The summed E-state index contributed by atoms with van der Waals surface area (Å²) in [6, 6.07) is 0. The molecule has 0 aromatic heterocycles. The molecule has 0 rings (SSSR count).